The Morgan fingerprint density at radius 3 is 3.50 bits per heavy atom. The summed E-state index contributed by atoms with van der Waals surface area (Å²) < 4.78 is 48.1. The Kier molecular flexibility index (Phi) is 0.731. The number of carboxylic acid groups (broad SMARTS) is 1. The molecule has 0 aliphatic heterocycles. The first-order valence-electron chi connectivity index (χ1n) is 5.25. The molecule has 8 heavy (non-hydrogen) atoms. The molecule has 0 saturated carbocycles. The minimum Gasteiger partial charge on any atom is -0.481 e. The van der Waals surface area contributed by atoms with Crippen LogP contribution in [0.25, 0.3) is 0 Å². The number of carboxylic acids is 1. The zero-order valence-corrected chi connectivity index (χ0v) is 3.97. The summed E-state index contributed by atoms with van der Waals surface area (Å²) in [6, 6.07) is 0. The van der Waals surface area contributed by atoms with Gasteiger partial charge in [-0.2, -0.15) is 0 Å². The Bertz CT molecular complexity index is 250. The Balaban J connectivity index is 4.96. The van der Waals surface area contributed by atoms with E-state index in [4.69, 9.17) is 14.8 Å². The summed E-state index contributed by atoms with van der Waals surface area (Å²) in [7, 11) is 0. The van der Waals surface area contributed by atoms with E-state index in [1.807, 2.05) is 0 Å². The molecular formula is C5H10O3. The van der Waals surface area contributed by atoms with Crippen LogP contribution in [0.2, 0.25) is 0 Å². The molecule has 0 radical (unpaired) electrons. The fraction of sp³-hybridized carbons (Fsp3) is 0.800. The Labute approximate surface area is 57.9 Å². The maximum absolute atomic E-state index is 10.4. The van der Waals surface area contributed by atoms with Gasteiger partial charge in [0, 0.05) is 13.2 Å². The second-order valence-corrected chi connectivity index (χ2v) is 1.08. The van der Waals surface area contributed by atoms with E-state index in [1.54, 1.807) is 0 Å². The third-order valence-electron chi connectivity index (χ3n) is 0.400. The average molecular weight is 125 g/mol. The third-order valence-corrected chi connectivity index (χ3v) is 0.400. The van der Waals surface area contributed by atoms with Gasteiger partial charge in [0.2, 0.25) is 1.43 Å². The first-order valence-corrected chi connectivity index (χ1v) is 1.84. The maximum atomic E-state index is 10.4. The highest BCUT2D eigenvalue weighted by Gasteiger charge is 1.99. The zero-order chi connectivity index (χ0) is 12.5. The molecule has 0 rings (SSSR count). The van der Waals surface area contributed by atoms with Gasteiger partial charge >= 0.3 is 5.97 Å². The molecule has 3 nitrogen and oxygen atoms in total. The van der Waals surface area contributed by atoms with Crippen molar-refractivity contribution in [3.05, 3.63) is 0 Å². The first-order chi connectivity index (χ1) is 6.46. The summed E-state index contributed by atoms with van der Waals surface area (Å²) in [6.45, 7) is -3.10. The summed E-state index contributed by atoms with van der Waals surface area (Å²) in [4.78, 5) is 10.4. The Hall–Kier alpha value is -0.570. The smallest absolute Gasteiger partial charge is 0.303 e. The van der Waals surface area contributed by atoms with Gasteiger partial charge in [-0.3, -0.25) is 4.79 Å². The second kappa shape index (κ2) is 3.43. The van der Waals surface area contributed by atoms with Crippen LogP contribution in [0, 0.1) is 0 Å². The Morgan fingerprint density at radius 2 is 3.12 bits per heavy atom. The van der Waals surface area contributed by atoms with Gasteiger partial charge in [0.05, 0.1) is 7.45 Å². The maximum Gasteiger partial charge on any atom is 0.303 e. The molecular weight excluding hydrogens is 108 g/mol. The molecule has 1 atom stereocenters. The van der Waals surface area contributed by atoms with E-state index >= 15 is 0 Å². The first kappa shape index (κ1) is 1.70. The van der Waals surface area contributed by atoms with Crippen LogP contribution in [0.3, 0.4) is 0 Å². The molecule has 0 aromatic heterocycles. The molecule has 0 aliphatic rings. The molecule has 0 aromatic carbocycles. The normalized spacial score (nSPS) is 33.2. The summed E-state index contributed by atoms with van der Waals surface area (Å²) in [5.41, 5.74) is 0. The monoisotopic (exact) mass is 125 g/mol. The van der Waals surface area contributed by atoms with Crippen molar-refractivity contribution in [2.45, 2.75) is 25.7 Å². The topological polar surface area (TPSA) is 57.5 Å². The lowest BCUT2D eigenvalue weighted by Crippen LogP contribution is -2.03. The second-order valence-electron chi connectivity index (χ2n) is 1.08. The van der Waals surface area contributed by atoms with Gasteiger partial charge in [-0.25, -0.2) is 0 Å². The van der Waals surface area contributed by atoms with Crippen molar-refractivity contribution >= 4 is 5.97 Å². The molecule has 48 valence electrons. The molecule has 1 unspecified atom stereocenters. The predicted octanol–water partition coefficient (Wildman–Crippen LogP) is 0.232. The summed E-state index contributed by atoms with van der Waals surface area (Å²) in [5.74, 6) is -1.90. The van der Waals surface area contributed by atoms with Gasteiger partial charge in [0.25, 0.3) is 0 Å². The zero-order valence-electron chi connectivity index (χ0n) is 11.0. The van der Waals surface area contributed by atoms with Crippen molar-refractivity contribution in [3.63, 3.8) is 0 Å². The SMILES string of the molecule is [2H]OC([2H])(CC([2H])([2H])C(=O)O)C([2H])([2H])[2H]. The fourth-order valence-electron chi connectivity index (χ4n) is 0.156. The summed E-state index contributed by atoms with van der Waals surface area (Å²) >= 11 is 0. The highest BCUT2D eigenvalue weighted by Crippen LogP contribution is 1.93. The lowest BCUT2D eigenvalue weighted by atomic mass is 10.2. The van der Waals surface area contributed by atoms with Gasteiger partial charge in [-0.05, 0) is 13.3 Å². The van der Waals surface area contributed by atoms with Gasteiger partial charge in [0.1, 0.15) is 0 Å². The minimum atomic E-state index is -3.10. The lowest BCUT2D eigenvalue weighted by Gasteiger charge is -1.97. The van der Waals surface area contributed by atoms with Crippen molar-refractivity contribution in [2.24, 2.45) is 0 Å². The van der Waals surface area contributed by atoms with Crippen LogP contribution in [-0.4, -0.2) is 23.7 Å². The van der Waals surface area contributed by atoms with Crippen LogP contribution < -0.4 is 0 Å². The molecule has 0 aliphatic carbocycles. The van der Waals surface area contributed by atoms with E-state index < -0.39 is 31.7 Å². The highest BCUT2D eigenvalue weighted by atomic mass is 16.4. The number of hydrogen-bond acceptors (Lipinski definition) is 2. The van der Waals surface area contributed by atoms with E-state index in [9.17, 15) is 4.79 Å². The van der Waals surface area contributed by atoms with Crippen LogP contribution in [0.15, 0.2) is 0 Å². The largest absolute Gasteiger partial charge is 0.481 e. The summed E-state index contributed by atoms with van der Waals surface area (Å²) in [6.07, 6.45) is -7.08. The van der Waals surface area contributed by atoms with Crippen molar-refractivity contribution < 1.29 is 23.2 Å². The quantitative estimate of drug-likeness (QED) is 0.565. The lowest BCUT2D eigenvalue weighted by molar-refractivity contribution is -0.137. The van der Waals surface area contributed by atoms with E-state index in [0.29, 0.717) is 0 Å². The molecule has 0 saturated heterocycles. The van der Waals surface area contributed by atoms with Crippen LogP contribution in [0.1, 0.15) is 27.9 Å². The summed E-state index contributed by atoms with van der Waals surface area (Å²) in [5, 5.41) is 12.0. The minimum absolute atomic E-state index is 1.25. The molecule has 2 N–H and O–H groups in total. The Morgan fingerprint density at radius 1 is 2.38 bits per heavy atom. The molecule has 0 spiro atoms. The number of hydrogen-bond donors (Lipinski definition) is 2. The van der Waals surface area contributed by atoms with E-state index in [1.165, 1.54) is 0 Å². The number of carbonyl (C=O) groups is 1. The van der Waals surface area contributed by atoms with Crippen LogP contribution >= 0.6 is 0 Å². The number of rotatable bonds is 4. The van der Waals surface area contributed by atoms with E-state index in [0.717, 1.165) is 0 Å². The predicted molar refractivity (Wildman–Crippen MR) is 28.6 cm³/mol. The van der Waals surface area contributed by atoms with Crippen molar-refractivity contribution in [1.29, 1.82) is 1.43 Å². The third kappa shape index (κ3) is 5.43. The van der Waals surface area contributed by atoms with Crippen LogP contribution in [0.5, 0.6) is 0 Å². The molecule has 0 bridgehead atoms. The van der Waals surface area contributed by atoms with Gasteiger partial charge in [0.15, 0.2) is 0 Å². The number of aliphatic carboxylic acids is 1. The van der Waals surface area contributed by atoms with Crippen LogP contribution in [-0.2, 0) is 4.79 Å². The van der Waals surface area contributed by atoms with Crippen LogP contribution in [0.4, 0.5) is 0 Å². The van der Waals surface area contributed by atoms with Gasteiger partial charge in [-0.1, -0.05) is 0 Å². The molecule has 3 heteroatoms. The van der Waals surface area contributed by atoms with Crippen molar-refractivity contribution in [2.75, 3.05) is 0 Å². The number of aliphatic hydroxyl groups is 1. The molecule has 0 aromatic rings. The van der Waals surface area contributed by atoms with Crippen molar-refractivity contribution in [1.82, 2.24) is 0 Å². The molecule has 0 heterocycles. The average Bonchev–Trinajstić information content (AvgIpc) is 2.01. The van der Waals surface area contributed by atoms with E-state index in [2.05, 4.69) is 5.11 Å². The fourth-order valence-corrected chi connectivity index (χ4v) is 0.156. The van der Waals surface area contributed by atoms with Gasteiger partial charge < -0.3 is 10.2 Å². The molecule has 0 amide bonds. The van der Waals surface area contributed by atoms with Gasteiger partial charge in [-0.15, -0.1) is 0 Å². The molecule has 0 fully saturated rings. The standard InChI is InChI=1S/C5H10O3/c1-4(6)2-3-5(7)8/h4,6H,2-3H2,1H3,(H,7,8)/i1D3,3D2,4D,6D. The highest BCUT2D eigenvalue weighted by molar-refractivity contribution is 5.66. The van der Waals surface area contributed by atoms with E-state index in [-0.39, 0.29) is 0 Å². The van der Waals surface area contributed by atoms with Crippen molar-refractivity contribution in [3.8, 4) is 0 Å².